The third-order valence-electron chi connectivity index (χ3n) is 2.50. The predicted octanol–water partition coefficient (Wildman–Crippen LogP) is 2.25. The van der Waals surface area contributed by atoms with Crippen molar-refractivity contribution in [1.82, 2.24) is 5.32 Å². The van der Waals surface area contributed by atoms with E-state index in [1.165, 1.54) is 0 Å². The van der Waals surface area contributed by atoms with Gasteiger partial charge in [0.2, 0.25) is 6.41 Å². The summed E-state index contributed by atoms with van der Waals surface area (Å²) in [7, 11) is 0. The van der Waals surface area contributed by atoms with Crippen LogP contribution in [0.4, 0.5) is 0 Å². The fourth-order valence-corrected chi connectivity index (χ4v) is 1.12. The first-order valence-corrected chi connectivity index (χ1v) is 5.36. The molecule has 14 heavy (non-hydrogen) atoms. The molecule has 0 amide bonds. The molecular formula is C11H25NO2. The van der Waals surface area contributed by atoms with Crippen molar-refractivity contribution in [3.63, 3.8) is 0 Å². The van der Waals surface area contributed by atoms with E-state index in [-0.39, 0.29) is 11.1 Å². The second kappa shape index (κ2) is 5.10. The average molecular weight is 203 g/mol. The zero-order valence-electron chi connectivity index (χ0n) is 10.3. The van der Waals surface area contributed by atoms with Crippen LogP contribution in [0.5, 0.6) is 0 Å². The minimum absolute atomic E-state index is 0.0509. The van der Waals surface area contributed by atoms with Crippen molar-refractivity contribution in [1.29, 1.82) is 0 Å². The highest BCUT2D eigenvalue weighted by Crippen LogP contribution is 2.16. The number of nitrogens with one attached hydrogen (secondary N) is 1. The molecule has 2 N–H and O–H groups in total. The highest BCUT2D eigenvalue weighted by atomic mass is 16.6. The molecular weight excluding hydrogens is 178 g/mol. The summed E-state index contributed by atoms with van der Waals surface area (Å²) in [4.78, 5) is 0. The van der Waals surface area contributed by atoms with E-state index in [9.17, 15) is 5.11 Å². The highest BCUT2D eigenvalue weighted by molar-refractivity contribution is 4.79. The van der Waals surface area contributed by atoms with E-state index in [0.29, 0.717) is 0 Å². The van der Waals surface area contributed by atoms with E-state index in [1.807, 2.05) is 20.8 Å². The Bertz CT molecular complexity index is 159. The first-order chi connectivity index (χ1) is 6.22. The number of ether oxygens (including phenoxy) is 1. The lowest BCUT2D eigenvalue weighted by Crippen LogP contribution is -2.50. The van der Waals surface area contributed by atoms with E-state index in [0.717, 1.165) is 12.8 Å². The van der Waals surface area contributed by atoms with Crippen LogP contribution >= 0.6 is 0 Å². The van der Waals surface area contributed by atoms with Crippen molar-refractivity contribution in [2.24, 2.45) is 0 Å². The maximum absolute atomic E-state index is 9.65. The Morgan fingerprint density at radius 3 is 1.86 bits per heavy atom. The van der Waals surface area contributed by atoms with Gasteiger partial charge in [-0.3, -0.25) is 5.32 Å². The molecule has 3 nitrogen and oxygen atoms in total. The third-order valence-corrected chi connectivity index (χ3v) is 2.50. The molecule has 0 rings (SSSR count). The Morgan fingerprint density at radius 2 is 1.57 bits per heavy atom. The van der Waals surface area contributed by atoms with Crippen LogP contribution in [-0.2, 0) is 4.74 Å². The fourth-order valence-electron chi connectivity index (χ4n) is 1.12. The van der Waals surface area contributed by atoms with E-state index < -0.39 is 6.41 Å². The zero-order valence-corrected chi connectivity index (χ0v) is 10.3. The normalized spacial score (nSPS) is 15.6. The van der Waals surface area contributed by atoms with Crippen LogP contribution in [-0.4, -0.2) is 22.7 Å². The molecule has 0 aliphatic carbocycles. The second-order valence-electron chi connectivity index (χ2n) is 4.99. The van der Waals surface area contributed by atoms with Crippen LogP contribution in [0.1, 0.15) is 54.4 Å². The Kier molecular flexibility index (Phi) is 5.06. The molecule has 86 valence electrons. The molecule has 0 spiro atoms. The number of hydrogen-bond donors (Lipinski definition) is 2. The summed E-state index contributed by atoms with van der Waals surface area (Å²) in [6.07, 6.45) is 1.04. The molecule has 1 atom stereocenters. The molecule has 0 saturated carbocycles. The van der Waals surface area contributed by atoms with Crippen LogP contribution in [0.3, 0.4) is 0 Å². The van der Waals surface area contributed by atoms with Gasteiger partial charge < -0.3 is 9.84 Å². The van der Waals surface area contributed by atoms with Gasteiger partial charge in [0.15, 0.2) is 0 Å². The van der Waals surface area contributed by atoms with Gasteiger partial charge in [-0.15, -0.1) is 0 Å². The maximum atomic E-state index is 9.65. The van der Waals surface area contributed by atoms with E-state index in [2.05, 4.69) is 26.1 Å². The Labute approximate surface area is 87.8 Å². The first-order valence-electron chi connectivity index (χ1n) is 5.36. The SMILES string of the molecule is CCC(C)(CC)NC(O)OC(C)(C)C. The molecule has 0 aliphatic rings. The first kappa shape index (κ1) is 13.9. The molecule has 0 aromatic rings. The molecule has 0 aromatic carbocycles. The van der Waals surface area contributed by atoms with Gasteiger partial charge in [0.1, 0.15) is 0 Å². The number of aliphatic hydroxyl groups is 1. The maximum Gasteiger partial charge on any atom is 0.214 e. The van der Waals surface area contributed by atoms with Crippen molar-refractivity contribution in [3.8, 4) is 0 Å². The summed E-state index contributed by atoms with van der Waals surface area (Å²) in [6.45, 7) is 12.1. The smallest absolute Gasteiger partial charge is 0.214 e. The van der Waals surface area contributed by atoms with Gasteiger partial charge in [0.05, 0.1) is 5.60 Å². The molecule has 0 aromatic heterocycles. The standard InChI is InChI=1S/C11H25NO2/c1-7-11(6,8-2)12-9(13)14-10(3,4)5/h9,12-13H,7-8H2,1-6H3. The quantitative estimate of drug-likeness (QED) is 0.673. The lowest BCUT2D eigenvalue weighted by Gasteiger charge is -2.33. The van der Waals surface area contributed by atoms with Crippen molar-refractivity contribution in [3.05, 3.63) is 0 Å². The number of hydrogen-bond acceptors (Lipinski definition) is 3. The summed E-state index contributed by atoms with van der Waals surface area (Å²) >= 11 is 0. The van der Waals surface area contributed by atoms with Gasteiger partial charge in [-0.1, -0.05) is 13.8 Å². The van der Waals surface area contributed by atoms with Gasteiger partial charge in [-0.25, -0.2) is 0 Å². The van der Waals surface area contributed by atoms with Gasteiger partial charge in [-0.2, -0.15) is 0 Å². The number of aliphatic hydroxyl groups excluding tert-OH is 1. The van der Waals surface area contributed by atoms with Crippen molar-refractivity contribution in [2.75, 3.05) is 0 Å². The van der Waals surface area contributed by atoms with Crippen LogP contribution in [0.2, 0.25) is 0 Å². The molecule has 0 fully saturated rings. The topological polar surface area (TPSA) is 41.5 Å². The van der Waals surface area contributed by atoms with Crippen molar-refractivity contribution < 1.29 is 9.84 Å². The van der Waals surface area contributed by atoms with Crippen molar-refractivity contribution >= 4 is 0 Å². The van der Waals surface area contributed by atoms with E-state index in [1.54, 1.807) is 0 Å². The molecule has 0 radical (unpaired) electrons. The predicted molar refractivity (Wildman–Crippen MR) is 59.0 cm³/mol. The molecule has 3 heteroatoms. The fraction of sp³-hybridized carbons (Fsp3) is 1.00. The van der Waals surface area contributed by atoms with Crippen LogP contribution < -0.4 is 5.32 Å². The lowest BCUT2D eigenvalue weighted by molar-refractivity contribution is -0.191. The van der Waals surface area contributed by atoms with Crippen LogP contribution in [0.15, 0.2) is 0 Å². The number of rotatable bonds is 5. The average Bonchev–Trinajstić information content (AvgIpc) is 2.00. The lowest BCUT2D eigenvalue weighted by atomic mass is 9.96. The van der Waals surface area contributed by atoms with Crippen LogP contribution in [0, 0.1) is 0 Å². The highest BCUT2D eigenvalue weighted by Gasteiger charge is 2.25. The van der Waals surface area contributed by atoms with Gasteiger partial charge in [0, 0.05) is 5.54 Å². The molecule has 1 unspecified atom stereocenters. The molecule has 0 saturated heterocycles. The largest absolute Gasteiger partial charge is 0.356 e. The minimum Gasteiger partial charge on any atom is -0.356 e. The summed E-state index contributed by atoms with van der Waals surface area (Å²) in [5, 5.41) is 12.7. The van der Waals surface area contributed by atoms with Gasteiger partial charge in [0.25, 0.3) is 0 Å². The van der Waals surface area contributed by atoms with Gasteiger partial charge in [-0.05, 0) is 40.5 Å². The van der Waals surface area contributed by atoms with Gasteiger partial charge >= 0.3 is 0 Å². The Balaban J connectivity index is 4.10. The molecule has 0 bridgehead atoms. The summed E-state index contributed by atoms with van der Waals surface area (Å²) < 4.78 is 5.38. The van der Waals surface area contributed by atoms with E-state index in [4.69, 9.17) is 4.74 Å². The summed E-state index contributed by atoms with van der Waals surface area (Å²) in [5.41, 5.74) is -0.376. The Morgan fingerprint density at radius 1 is 1.14 bits per heavy atom. The van der Waals surface area contributed by atoms with Crippen LogP contribution in [0.25, 0.3) is 0 Å². The summed E-state index contributed by atoms with van der Waals surface area (Å²) in [6, 6.07) is 0. The summed E-state index contributed by atoms with van der Waals surface area (Å²) in [5.74, 6) is 0. The third kappa shape index (κ3) is 5.58. The monoisotopic (exact) mass is 203 g/mol. The minimum atomic E-state index is -0.889. The Hall–Kier alpha value is -0.120. The van der Waals surface area contributed by atoms with E-state index >= 15 is 0 Å². The molecule has 0 aliphatic heterocycles. The second-order valence-corrected chi connectivity index (χ2v) is 4.99. The van der Waals surface area contributed by atoms with Crippen molar-refractivity contribution in [2.45, 2.75) is 71.9 Å². The zero-order chi connectivity index (χ0) is 11.4. The molecule has 0 heterocycles.